The third kappa shape index (κ3) is 5.19. The van der Waals surface area contributed by atoms with E-state index in [0.717, 1.165) is 5.56 Å². The number of aryl methyl sites for hydroxylation is 1. The highest BCUT2D eigenvalue weighted by atomic mass is 19.1. The fourth-order valence-corrected chi connectivity index (χ4v) is 2.16. The van der Waals surface area contributed by atoms with E-state index in [1.165, 1.54) is 6.07 Å². The molecule has 0 saturated heterocycles. The fraction of sp³-hybridized carbons (Fsp3) is 0.353. The smallest absolute Gasteiger partial charge is 0.224 e. The molecule has 0 aliphatic heterocycles. The van der Waals surface area contributed by atoms with Gasteiger partial charge in [0.1, 0.15) is 5.82 Å². The van der Waals surface area contributed by atoms with Crippen LogP contribution in [0.1, 0.15) is 31.4 Å². The van der Waals surface area contributed by atoms with Crippen LogP contribution in [0.25, 0.3) is 0 Å². The van der Waals surface area contributed by atoms with Gasteiger partial charge in [-0.05, 0) is 31.5 Å². The highest BCUT2D eigenvalue weighted by Gasteiger charge is 2.11. The summed E-state index contributed by atoms with van der Waals surface area (Å²) in [4.78, 5) is 27.6. The van der Waals surface area contributed by atoms with Crippen LogP contribution in [0, 0.1) is 12.7 Å². The molecule has 1 atom stereocenters. The van der Waals surface area contributed by atoms with Gasteiger partial charge in [0, 0.05) is 37.8 Å². The first-order chi connectivity index (χ1) is 11.5. The monoisotopic (exact) mass is 332 g/mol. The number of amides is 2. The van der Waals surface area contributed by atoms with Gasteiger partial charge in [-0.1, -0.05) is 6.07 Å². The van der Waals surface area contributed by atoms with Crippen molar-refractivity contribution in [3.63, 3.8) is 0 Å². The first-order valence-corrected chi connectivity index (χ1v) is 7.76. The van der Waals surface area contributed by atoms with Gasteiger partial charge in [0.15, 0.2) is 0 Å². The molecule has 2 aromatic rings. The molecule has 0 aliphatic carbocycles. The highest BCUT2D eigenvalue weighted by molar-refractivity contribution is 5.93. The largest absolute Gasteiger partial charge is 0.354 e. The van der Waals surface area contributed by atoms with Crippen molar-refractivity contribution in [1.29, 1.82) is 0 Å². The standard InChI is InChI=1S/C17H21FN4O2/c1-12-3-4-14(18)15(9-12)21-17(24)6-5-16(23)20-10-13(2)22-8-7-19-11-22/h3-4,7-9,11,13H,5-6,10H2,1-2H3,(H,20,23)(H,21,24)/t13-/m0/s1. The molecular formula is C17H21FN4O2. The van der Waals surface area contributed by atoms with Gasteiger partial charge >= 0.3 is 0 Å². The number of hydrogen-bond acceptors (Lipinski definition) is 3. The quantitative estimate of drug-likeness (QED) is 0.817. The summed E-state index contributed by atoms with van der Waals surface area (Å²) in [6.45, 7) is 4.21. The predicted molar refractivity (Wildman–Crippen MR) is 88.9 cm³/mol. The Hall–Kier alpha value is -2.70. The predicted octanol–water partition coefficient (Wildman–Crippen LogP) is 2.43. The van der Waals surface area contributed by atoms with E-state index in [1.54, 1.807) is 24.7 Å². The van der Waals surface area contributed by atoms with E-state index in [0.29, 0.717) is 6.54 Å². The number of anilines is 1. The normalized spacial score (nSPS) is 11.8. The number of carbonyl (C=O) groups excluding carboxylic acids is 2. The van der Waals surface area contributed by atoms with Gasteiger partial charge < -0.3 is 15.2 Å². The molecule has 0 spiro atoms. The first kappa shape index (κ1) is 17.7. The number of halogens is 1. The van der Waals surface area contributed by atoms with E-state index in [1.807, 2.05) is 24.6 Å². The van der Waals surface area contributed by atoms with E-state index in [9.17, 15) is 14.0 Å². The van der Waals surface area contributed by atoms with Gasteiger partial charge in [-0.2, -0.15) is 0 Å². The number of aromatic nitrogens is 2. The maximum absolute atomic E-state index is 13.6. The summed E-state index contributed by atoms with van der Waals surface area (Å²) >= 11 is 0. The van der Waals surface area contributed by atoms with Crippen LogP contribution in [0.2, 0.25) is 0 Å². The molecule has 6 nitrogen and oxygen atoms in total. The summed E-state index contributed by atoms with van der Waals surface area (Å²) in [5, 5.41) is 5.26. The first-order valence-electron chi connectivity index (χ1n) is 7.76. The summed E-state index contributed by atoms with van der Waals surface area (Å²) in [6.07, 6.45) is 5.23. The Morgan fingerprint density at radius 1 is 1.29 bits per heavy atom. The lowest BCUT2D eigenvalue weighted by molar-refractivity contribution is -0.124. The Kier molecular flexibility index (Phi) is 6.06. The van der Waals surface area contributed by atoms with Crippen LogP contribution in [0.5, 0.6) is 0 Å². The van der Waals surface area contributed by atoms with E-state index in [-0.39, 0.29) is 30.5 Å². The molecule has 0 radical (unpaired) electrons. The number of nitrogens with one attached hydrogen (secondary N) is 2. The van der Waals surface area contributed by atoms with Crippen LogP contribution in [0.15, 0.2) is 36.9 Å². The lowest BCUT2D eigenvalue weighted by Gasteiger charge is -2.14. The van der Waals surface area contributed by atoms with Crippen molar-refractivity contribution < 1.29 is 14.0 Å². The number of nitrogens with zero attached hydrogens (tertiary/aromatic N) is 2. The zero-order valence-corrected chi connectivity index (χ0v) is 13.8. The van der Waals surface area contributed by atoms with Crippen molar-refractivity contribution in [3.8, 4) is 0 Å². The Bertz CT molecular complexity index is 701. The van der Waals surface area contributed by atoms with Gasteiger partial charge in [0.25, 0.3) is 0 Å². The van der Waals surface area contributed by atoms with Gasteiger partial charge in [0.05, 0.1) is 12.0 Å². The molecule has 1 aromatic heterocycles. The summed E-state index contributed by atoms with van der Waals surface area (Å²) in [5.41, 5.74) is 0.979. The van der Waals surface area contributed by atoms with Crippen molar-refractivity contribution >= 4 is 17.5 Å². The lowest BCUT2D eigenvalue weighted by atomic mass is 10.2. The third-order valence-electron chi connectivity index (χ3n) is 3.60. The van der Waals surface area contributed by atoms with Gasteiger partial charge in [0.2, 0.25) is 11.8 Å². The third-order valence-corrected chi connectivity index (χ3v) is 3.60. The van der Waals surface area contributed by atoms with Crippen LogP contribution in [0.4, 0.5) is 10.1 Å². The molecule has 0 fully saturated rings. The summed E-state index contributed by atoms with van der Waals surface area (Å²) in [6, 6.07) is 4.56. The zero-order valence-electron chi connectivity index (χ0n) is 13.8. The maximum atomic E-state index is 13.6. The number of imidazole rings is 1. The Balaban J connectivity index is 1.73. The van der Waals surface area contributed by atoms with Crippen LogP contribution >= 0.6 is 0 Å². The second-order valence-corrected chi connectivity index (χ2v) is 5.69. The number of rotatable bonds is 7. The molecule has 24 heavy (non-hydrogen) atoms. The number of hydrogen-bond donors (Lipinski definition) is 2. The zero-order chi connectivity index (χ0) is 17.5. The molecule has 0 saturated carbocycles. The Morgan fingerprint density at radius 2 is 2.04 bits per heavy atom. The van der Waals surface area contributed by atoms with Gasteiger partial charge in [-0.3, -0.25) is 9.59 Å². The number of benzene rings is 1. The van der Waals surface area contributed by atoms with Crippen molar-refractivity contribution in [2.24, 2.45) is 0 Å². The molecule has 1 aromatic carbocycles. The molecule has 2 amide bonds. The second-order valence-electron chi connectivity index (χ2n) is 5.69. The summed E-state index contributed by atoms with van der Waals surface area (Å²) < 4.78 is 15.5. The average Bonchev–Trinajstić information content (AvgIpc) is 3.08. The average molecular weight is 332 g/mol. The van der Waals surface area contributed by atoms with Crippen LogP contribution < -0.4 is 10.6 Å². The summed E-state index contributed by atoms with van der Waals surface area (Å²) in [5.74, 6) is -1.10. The van der Waals surface area contributed by atoms with Crippen LogP contribution in [0.3, 0.4) is 0 Å². The summed E-state index contributed by atoms with van der Waals surface area (Å²) in [7, 11) is 0. The number of carbonyl (C=O) groups is 2. The van der Waals surface area contributed by atoms with E-state index < -0.39 is 11.7 Å². The minimum atomic E-state index is -0.493. The van der Waals surface area contributed by atoms with Crippen molar-refractivity contribution in [1.82, 2.24) is 14.9 Å². The Labute approximate surface area is 140 Å². The van der Waals surface area contributed by atoms with E-state index >= 15 is 0 Å². The van der Waals surface area contributed by atoms with E-state index in [4.69, 9.17) is 0 Å². The molecular weight excluding hydrogens is 311 g/mol. The van der Waals surface area contributed by atoms with Crippen LogP contribution in [-0.2, 0) is 9.59 Å². The van der Waals surface area contributed by atoms with Gasteiger partial charge in [-0.25, -0.2) is 9.37 Å². The van der Waals surface area contributed by atoms with Crippen molar-refractivity contribution in [2.45, 2.75) is 32.7 Å². The highest BCUT2D eigenvalue weighted by Crippen LogP contribution is 2.16. The molecule has 7 heteroatoms. The molecule has 2 rings (SSSR count). The van der Waals surface area contributed by atoms with Crippen LogP contribution in [-0.4, -0.2) is 27.9 Å². The molecule has 0 bridgehead atoms. The minimum Gasteiger partial charge on any atom is -0.354 e. The molecule has 128 valence electrons. The lowest BCUT2D eigenvalue weighted by Crippen LogP contribution is -2.30. The molecule has 1 heterocycles. The van der Waals surface area contributed by atoms with Crippen molar-refractivity contribution in [2.75, 3.05) is 11.9 Å². The fourth-order valence-electron chi connectivity index (χ4n) is 2.16. The molecule has 0 aliphatic rings. The van der Waals surface area contributed by atoms with Gasteiger partial charge in [-0.15, -0.1) is 0 Å². The Morgan fingerprint density at radius 3 is 2.75 bits per heavy atom. The second kappa shape index (κ2) is 8.24. The molecule has 0 unspecified atom stereocenters. The van der Waals surface area contributed by atoms with Crippen molar-refractivity contribution in [3.05, 3.63) is 48.3 Å². The molecule has 2 N–H and O–H groups in total. The SMILES string of the molecule is Cc1ccc(F)c(NC(=O)CCC(=O)NC[C@H](C)n2ccnc2)c1. The van der Waals surface area contributed by atoms with E-state index in [2.05, 4.69) is 15.6 Å². The minimum absolute atomic E-state index is 0.00132. The maximum Gasteiger partial charge on any atom is 0.224 e. The topological polar surface area (TPSA) is 76.0 Å².